The average Bonchev–Trinajstić information content (AvgIpc) is 2.81. The van der Waals surface area contributed by atoms with Crippen molar-refractivity contribution in [2.45, 2.75) is 46.5 Å². The molecule has 2 amide bonds. The molecule has 6 heteroatoms. The predicted molar refractivity (Wildman–Crippen MR) is 83.5 cm³/mol. The van der Waals surface area contributed by atoms with Crippen LogP contribution in [0.2, 0.25) is 0 Å². The van der Waals surface area contributed by atoms with E-state index in [1.807, 2.05) is 6.92 Å². The number of nitrogens with zero attached hydrogens (tertiary/aromatic N) is 2. The van der Waals surface area contributed by atoms with Crippen molar-refractivity contribution in [3.63, 3.8) is 0 Å². The molecule has 0 fully saturated rings. The number of amides is 2. The van der Waals surface area contributed by atoms with Gasteiger partial charge >= 0.3 is 6.03 Å². The van der Waals surface area contributed by atoms with Crippen LogP contribution in [0.4, 0.5) is 9.93 Å². The van der Waals surface area contributed by atoms with E-state index in [0.29, 0.717) is 18.2 Å². The van der Waals surface area contributed by atoms with Gasteiger partial charge in [-0.1, -0.05) is 27.2 Å². The van der Waals surface area contributed by atoms with Gasteiger partial charge in [-0.15, -0.1) is 11.3 Å². The van der Waals surface area contributed by atoms with Gasteiger partial charge in [-0.3, -0.25) is 5.32 Å². The maximum atomic E-state index is 12.1. The topological polar surface area (TPSA) is 65.5 Å². The number of nitrogens with one attached hydrogen (secondary N) is 1. The molecule has 0 aliphatic carbocycles. The largest absolute Gasteiger partial charge is 0.395 e. The van der Waals surface area contributed by atoms with E-state index in [2.05, 4.69) is 24.1 Å². The van der Waals surface area contributed by atoms with E-state index in [9.17, 15) is 4.79 Å². The fraction of sp³-hybridized carbons (Fsp3) is 0.714. The Kier molecular flexibility index (Phi) is 7.54. The van der Waals surface area contributed by atoms with Gasteiger partial charge in [0.1, 0.15) is 0 Å². The van der Waals surface area contributed by atoms with Crippen molar-refractivity contribution in [1.29, 1.82) is 0 Å². The van der Waals surface area contributed by atoms with E-state index in [-0.39, 0.29) is 12.6 Å². The van der Waals surface area contributed by atoms with Gasteiger partial charge in [-0.05, 0) is 19.3 Å². The van der Waals surface area contributed by atoms with E-state index in [0.717, 1.165) is 31.4 Å². The molecule has 0 atom stereocenters. The number of rotatable bonds is 8. The molecule has 2 N–H and O–H groups in total. The van der Waals surface area contributed by atoms with Crippen LogP contribution < -0.4 is 5.32 Å². The fourth-order valence-electron chi connectivity index (χ4n) is 2.02. The zero-order valence-corrected chi connectivity index (χ0v) is 13.4. The Morgan fingerprint density at radius 1 is 1.30 bits per heavy atom. The third kappa shape index (κ3) is 4.76. The molecule has 1 rings (SSSR count). The first-order valence-electron chi connectivity index (χ1n) is 7.31. The van der Waals surface area contributed by atoms with Crippen LogP contribution in [0.25, 0.3) is 0 Å². The minimum Gasteiger partial charge on any atom is -0.395 e. The van der Waals surface area contributed by atoms with Crippen molar-refractivity contribution in [1.82, 2.24) is 9.88 Å². The van der Waals surface area contributed by atoms with E-state index >= 15 is 0 Å². The molecule has 0 aliphatic rings. The Balaban J connectivity index is 2.73. The fourth-order valence-corrected chi connectivity index (χ4v) is 2.96. The first-order valence-corrected chi connectivity index (χ1v) is 8.13. The molecule has 114 valence electrons. The Labute approximate surface area is 125 Å². The Hall–Kier alpha value is -1.14. The summed E-state index contributed by atoms with van der Waals surface area (Å²) in [5, 5.41) is 12.5. The van der Waals surface area contributed by atoms with Crippen LogP contribution in [0.15, 0.2) is 0 Å². The number of hydrogen-bond acceptors (Lipinski definition) is 4. The number of urea groups is 1. The van der Waals surface area contributed by atoms with Crippen LogP contribution in [-0.4, -0.2) is 40.7 Å². The van der Waals surface area contributed by atoms with E-state index < -0.39 is 0 Å². The summed E-state index contributed by atoms with van der Waals surface area (Å²) in [6.45, 7) is 7.21. The maximum Gasteiger partial charge on any atom is 0.323 e. The summed E-state index contributed by atoms with van der Waals surface area (Å²) in [7, 11) is 0. The van der Waals surface area contributed by atoms with Crippen LogP contribution in [0.5, 0.6) is 0 Å². The standard InChI is InChI=1S/C14H25N3O2S/c1-4-7-11-12(6-3)20-13(15-11)16-14(19)17(8-5-2)9-10-18/h18H,4-10H2,1-3H3,(H,15,16,19). The SMILES string of the molecule is CCCc1nc(NC(=O)N(CCC)CCO)sc1CC. The lowest BCUT2D eigenvalue weighted by molar-refractivity contribution is 0.188. The number of aliphatic hydroxyl groups excluding tert-OH is 1. The third-order valence-electron chi connectivity index (χ3n) is 2.95. The molecule has 0 aromatic carbocycles. The van der Waals surface area contributed by atoms with E-state index in [1.165, 1.54) is 4.88 Å². The van der Waals surface area contributed by atoms with Gasteiger partial charge in [0.25, 0.3) is 0 Å². The van der Waals surface area contributed by atoms with Gasteiger partial charge in [0.15, 0.2) is 5.13 Å². The molecular weight excluding hydrogens is 274 g/mol. The summed E-state index contributed by atoms with van der Waals surface area (Å²) in [6, 6.07) is -0.180. The summed E-state index contributed by atoms with van der Waals surface area (Å²) in [5.74, 6) is 0. The molecule has 1 aromatic heterocycles. The minimum absolute atomic E-state index is 0.0212. The Morgan fingerprint density at radius 3 is 2.60 bits per heavy atom. The maximum absolute atomic E-state index is 12.1. The van der Waals surface area contributed by atoms with Crippen LogP contribution in [0.3, 0.4) is 0 Å². The number of anilines is 1. The first kappa shape index (κ1) is 16.9. The van der Waals surface area contributed by atoms with Crippen molar-refractivity contribution >= 4 is 22.5 Å². The van der Waals surface area contributed by atoms with Gasteiger partial charge in [-0.2, -0.15) is 0 Å². The highest BCUT2D eigenvalue weighted by Crippen LogP contribution is 2.24. The second kappa shape index (κ2) is 8.92. The van der Waals surface area contributed by atoms with Gasteiger partial charge < -0.3 is 10.0 Å². The second-order valence-corrected chi connectivity index (χ2v) is 5.72. The number of hydrogen-bond donors (Lipinski definition) is 2. The molecule has 20 heavy (non-hydrogen) atoms. The first-order chi connectivity index (χ1) is 9.65. The molecule has 5 nitrogen and oxygen atoms in total. The van der Waals surface area contributed by atoms with Crippen molar-refractivity contribution in [3.8, 4) is 0 Å². The van der Waals surface area contributed by atoms with Crippen LogP contribution in [0, 0.1) is 0 Å². The summed E-state index contributed by atoms with van der Waals surface area (Å²) >= 11 is 1.55. The van der Waals surface area contributed by atoms with Gasteiger partial charge in [-0.25, -0.2) is 9.78 Å². The summed E-state index contributed by atoms with van der Waals surface area (Å²) in [4.78, 5) is 19.5. The van der Waals surface area contributed by atoms with Crippen molar-refractivity contribution in [2.75, 3.05) is 25.0 Å². The third-order valence-corrected chi connectivity index (χ3v) is 4.11. The second-order valence-electron chi connectivity index (χ2n) is 4.63. The predicted octanol–water partition coefficient (Wildman–Crippen LogP) is 2.89. The summed E-state index contributed by atoms with van der Waals surface area (Å²) in [5.41, 5.74) is 1.10. The van der Waals surface area contributed by atoms with Crippen LogP contribution in [-0.2, 0) is 12.8 Å². The molecule has 0 spiro atoms. The number of aliphatic hydroxyl groups is 1. The summed E-state index contributed by atoms with van der Waals surface area (Å²) in [6.07, 6.45) is 3.81. The molecule has 0 saturated heterocycles. The number of thiazole rings is 1. The van der Waals surface area contributed by atoms with Crippen LogP contribution >= 0.6 is 11.3 Å². The van der Waals surface area contributed by atoms with E-state index in [4.69, 9.17) is 5.11 Å². The number of carbonyl (C=O) groups is 1. The van der Waals surface area contributed by atoms with Crippen molar-refractivity contribution in [3.05, 3.63) is 10.6 Å². The number of aryl methyl sites for hydroxylation is 2. The molecule has 1 heterocycles. The minimum atomic E-state index is -0.180. The molecule has 0 unspecified atom stereocenters. The van der Waals surface area contributed by atoms with Crippen molar-refractivity contribution in [2.24, 2.45) is 0 Å². The molecule has 1 aromatic rings. The highest BCUT2D eigenvalue weighted by Gasteiger charge is 2.15. The normalized spacial score (nSPS) is 10.6. The quantitative estimate of drug-likeness (QED) is 0.775. The molecule has 0 saturated carbocycles. The average molecular weight is 299 g/mol. The van der Waals surface area contributed by atoms with Gasteiger partial charge in [0.2, 0.25) is 0 Å². The number of carbonyl (C=O) groups excluding carboxylic acids is 1. The Bertz CT molecular complexity index is 415. The summed E-state index contributed by atoms with van der Waals surface area (Å²) < 4.78 is 0. The highest BCUT2D eigenvalue weighted by atomic mass is 32.1. The molecule has 0 aliphatic heterocycles. The number of aromatic nitrogens is 1. The lowest BCUT2D eigenvalue weighted by atomic mass is 10.2. The zero-order valence-electron chi connectivity index (χ0n) is 12.6. The van der Waals surface area contributed by atoms with Gasteiger partial charge in [0.05, 0.1) is 12.3 Å². The monoisotopic (exact) mass is 299 g/mol. The molecule has 0 bridgehead atoms. The molecular formula is C14H25N3O2S. The van der Waals surface area contributed by atoms with E-state index in [1.54, 1.807) is 16.2 Å². The zero-order chi connectivity index (χ0) is 15.0. The highest BCUT2D eigenvalue weighted by molar-refractivity contribution is 7.15. The lowest BCUT2D eigenvalue weighted by Gasteiger charge is -2.20. The van der Waals surface area contributed by atoms with Crippen LogP contribution in [0.1, 0.15) is 44.2 Å². The molecule has 0 radical (unpaired) electrons. The van der Waals surface area contributed by atoms with Gasteiger partial charge in [0, 0.05) is 18.0 Å². The smallest absolute Gasteiger partial charge is 0.323 e. The van der Waals surface area contributed by atoms with Crippen molar-refractivity contribution < 1.29 is 9.90 Å². The lowest BCUT2D eigenvalue weighted by Crippen LogP contribution is -2.37. The Morgan fingerprint density at radius 2 is 2.05 bits per heavy atom.